The number of aryl methyl sites for hydroxylation is 2. The quantitative estimate of drug-likeness (QED) is 0.330. The fourth-order valence-electron chi connectivity index (χ4n) is 4.25. The van der Waals surface area contributed by atoms with Crippen molar-refractivity contribution in [3.05, 3.63) is 94.5 Å². The molecule has 0 aliphatic heterocycles. The Balaban J connectivity index is 2.07. The van der Waals surface area contributed by atoms with Crippen LogP contribution in [0.1, 0.15) is 51.3 Å². The number of benzene rings is 3. The molecular weight excluding hydrogens is 546 g/mol. The Morgan fingerprint density at radius 3 is 2.12 bits per heavy atom. The van der Waals surface area contributed by atoms with Crippen LogP contribution in [0.15, 0.2) is 77.7 Å². The molecule has 0 spiro atoms. The average molecular weight is 584 g/mol. The van der Waals surface area contributed by atoms with Crippen LogP contribution in [-0.2, 0) is 32.6 Å². The molecule has 1 unspecified atom stereocenters. The first-order valence-corrected chi connectivity index (χ1v) is 15.1. The summed E-state index contributed by atoms with van der Waals surface area (Å²) in [5.74, 6) is -0.843. The summed E-state index contributed by atoms with van der Waals surface area (Å²) in [5, 5.41) is 3.48. The third-order valence-corrected chi connectivity index (χ3v) is 8.49. The predicted octanol–water partition coefficient (Wildman–Crippen LogP) is 5.74. The van der Waals surface area contributed by atoms with Crippen molar-refractivity contribution in [2.45, 2.75) is 71.0 Å². The molecule has 9 heteroatoms. The maximum absolute atomic E-state index is 14.1. The molecule has 0 radical (unpaired) electrons. The van der Waals surface area contributed by atoms with Crippen LogP contribution in [0.2, 0.25) is 5.02 Å². The molecule has 214 valence electrons. The fraction of sp³-hybridized carbons (Fsp3) is 0.355. The van der Waals surface area contributed by atoms with Gasteiger partial charge in [-0.2, -0.15) is 0 Å². The summed E-state index contributed by atoms with van der Waals surface area (Å²) in [7, 11) is -4.12. The van der Waals surface area contributed by atoms with Crippen molar-refractivity contribution in [1.29, 1.82) is 0 Å². The molecule has 3 aromatic carbocycles. The van der Waals surface area contributed by atoms with Gasteiger partial charge in [0, 0.05) is 17.1 Å². The van der Waals surface area contributed by atoms with Gasteiger partial charge in [-0.15, -0.1) is 0 Å². The molecule has 0 aromatic heterocycles. The first-order chi connectivity index (χ1) is 18.7. The molecule has 3 aromatic rings. The van der Waals surface area contributed by atoms with Crippen LogP contribution < -0.4 is 9.62 Å². The monoisotopic (exact) mass is 583 g/mol. The minimum absolute atomic E-state index is 0.0829. The molecule has 7 nitrogen and oxygen atoms in total. The first-order valence-electron chi connectivity index (χ1n) is 13.3. The van der Waals surface area contributed by atoms with Crippen molar-refractivity contribution in [1.82, 2.24) is 10.2 Å². The molecule has 0 heterocycles. The van der Waals surface area contributed by atoms with Gasteiger partial charge in [-0.1, -0.05) is 66.6 Å². The molecule has 0 saturated carbocycles. The molecule has 0 aliphatic carbocycles. The number of anilines is 1. The first kappa shape index (κ1) is 31.2. The van der Waals surface area contributed by atoms with E-state index in [4.69, 9.17) is 11.6 Å². The Labute approximate surface area is 243 Å². The van der Waals surface area contributed by atoms with E-state index < -0.39 is 34.1 Å². The van der Waals surface area contributed by atoms with E-state index in [0.29, 0.717) is 17.1 Å². The third kappa shape index (κ3) is 7.86. The molecule has 3 rings (SSSR count). The van der Waals surface area contributed by atoms with Crippen LogP contribution in [-0.4, -0.2) is 43.3 Å². The van der Waals surface area contributed by atoms with E-state index in [2.05, 4.69) is 5.32 Å². The summed E-state index contributed by atoms with van der Waals surface area (Å²) in [6.45, 7) is 10.7. The minimum Gasteiger partial charge on any atom is -0.350 e. The highest BCUT2D eigenvalue weighted by Gasteiger charge is 2.34. The second-order valence-corrected chi connectivity index (χ2v) is 13.2. The van der Waals surface area contributed by atoms with Crippen LogP contribution in [0, 0.1) is 6.92 Å². The zero-order chi connectivity index (χ0) is 29.7. The molecule has 1 atom stereocenters. The van der Waals surface area contributed by atoms with E-state index in [0.717, 1.165) is 21.0 Å². The number of hydrogen-bond acceptors (Lipinski definition) is 4. The summed E-state index contributed by atoms with van der Waals surface area (Å²) < 4.78 is 29.2. The van der Waals surface area contributed by atoms with E-state index in [-0.39, 0.29) is 17.3 Å². The van der Waals surface area contributed by atoms with Gasteiger partial charge in [0.15, 0.2) is 0 Å². The highest BCUT2D eigenvalue weighted by molar-refractivity contribution is 7.92. The Hall–Kier alpha value is -3.36. The summed E-state index contributed by atoms with van der Waals surface area (Å²) in [5.41, 5.74) is 2.38. The topological polar surface area (TPSA) is 86.8 Å². The van der Waals surface area contributed by atoms with Gasteiger partial charge in [-0.25, -0.2) is 8.42 Å². The molecule has 2 amide bonds. The average Bonchev–Trinajstić information content (AvgIpc) is 2.90. The SMILES string of the molecule is CCc1ccccc1N(CC(=O)N(Cc1ccc(Cl)cc1)C(C)C(=O)NC(C)(C)C)S(=O)(=O)c1ccc(C)cc1. The van der Waals surface area contributed by atoms with E-state index in [1.165, 1.54) is 4.90 Å². The Kier molecular flexibility index (Phi) is 10.0. The summed E-state index contributed by atoms with van der Waals surface area (Å²) in [4.78, 5) is 28.7. The van der Waals surface area contributed by atoms with Gasteiger partial charge in [0.05, 0.1) is 10.6 Å². The highest BCUT2D eigenvalue weighted by Crippen LogP contribution is 2.28. The van der Waals surface area contributed by atoms with Gasteiger partial charge in [-0.05, 0) is 82.5 Å². The fourth-order valence-corrected chi connectivity index (χ4v) is 5.83. The van der Waals surface area contributed by atoms with Crippen LogP contribution >= 0.6 is 11.6 Å². The largest absolute Gasteiger partial charge is 0.350 e. The van der Waals surface area contributed by atoms with Gasteiger partial charge in [0.2, 0.25) is 11.8 Å². The lowest BCUT2D eigenvalue weighted by atomic mass is 10.1. The van der Waals surface area contributed by atoms with Crippen LogP contribution in [0.5, 0.6) is 0 Å². The van der Waals surface area contributed by atoms with E-state index in [1.807, 2.05) is 46.8 Å². The number of para-hydroxylation sites is 1. The highest BCUT2D eigenvalue weighted by atomic mass is 35.5. The van der Waals surface area contributed by atoms with E-state index >= 15 is 0 Å². The van der Waals surface area contributed by atoms with Crippen LogP contribution in [0.4, 0.5) is 5.69 Å². The number of halogens is 1. The maximum atomic E-state index is 14.1. The molecule has 0 bridgehead atoms. The van der Waals surface area contributed by atoms with E-state index in [1.54, 1.807) is 67.6 Å². The van der Waals surface area contributed by atoms with Crippen molar-refractivity contribution < 1.29 is 18.0 Å². The standard InChI is InChI=1S/C31H38ClN3O4S/c1-7-25-10-8-9-11-28(25)35(40(38,39)27-18-12-22(2)13-19-27)21-29(36)34(20-24-14-16-26(32)17-15-24)23(3)30(37)33-31(4,5)6/h8-19,23H,7,20-21H2,1-6H3,(H,33,37). The molecule has 0 fully saturated rings. The predicted molar refractivity (Wildman–Crippen MR) is 161 cm³/mol. The molecule has 40 heavy (non-hydrogen) atoms. The smallest absolute Gasteiger partial charge is 0.264 e. The van der Waals surface area contributed by atoms with Crippen molar-refractivity contribution in [2.24, 2.45) is 0 Å². The minimum atomic E-state index is -4.12. The van der Waals surface area contributed by atoms with E-state index in [9.17, 15) is 18.0 Å². The Morgan fingerprint density at radius 1 is 0.950 bits per heavy atom. The normalized spacial score (nSPS) is 12.5. The lowest BCUT2D eigenvalue weighted by Crippen LogP contribution is -2.54. The molecular formula is C31H38ClN3O4S. The molecule has 1 N–H and O–H groups in total. The van der Waals surface area contributed by atoms with Crippen LogP contribution in [0.25, 0.3) is 0 Å². The van der Waals surface area contributed by atoms with Gasteiger partial charge >= 0.3 is 0 Å². The van der Waals surface area contributed by atoms with Gasteiger partial charge < -0.3 is 10.2 Å². The van der Waals surface area contributed by atoms with Crippen molar-refractivity contribution in [3.8, 4) is 0 Å². The van der Waals surface area contributed by atoms with Crippen molar-refractivity contribution in [3.63, 3.8) is 0 Å². The Bertz CT molecular complexity index is 1430. The number of carbonyl (C=O) groups excluding carboxylic acids is 2. The summed E-state index contributed by atoms with van der Waals surface area (Å²) in [6.07, 6.45) is 0.573. The Morgan fingerprint density at radius 2 is 1.55 bits per heavy atom. The van der Waals surface area contributed by atoms with Crippen molar-refractivity contribution >= 4 is 39.1 Å². The summed E-state index contributed by atoms with van der Waals surface area (Å²) in [6, 6.07) is 19.8. The number of hydrogen-bond donors (Lipinski definition) is 1. The molecule has 0 saturated heterocycles. The second kappa shape index (κ2) is 12.9. The number of rotatable bonds is 10. The maximum Gasteiger partial charge on any atom is 0.264 e. The van der Waals surface area contributed by atoms with Gasteiger partial charge in [0.25, 0.3) is 10.0 Å². The third-order valence-electron chi connectivity index (χ3n) is 6.46. The number of sulfonamides is 1. The number of nitrogens with zero attached hydrogens (tertiary/aromatic N) is 2. The van der Waals surface area contributed by atoms with Gasteiger partial charge in [-0.3, -0.25) is 13.9 Å². The lowest BCUT2D eigenvalue weighted by molar-refractivity contribution is -0.140. The number of nitrogens with one attached hydrogen (secondary N) is 1. The number of carbonyl (C=O) groups is 2. The van der Waals surface area contributed by atoms with Crippen molar-refractivity contribution in [2.75, 3.05) is 10.8 Å². The zero-order valence-electron chi connectivity index (χ0n) is 23.9. The van der Waals surface area contributed by atoms with Crippen LogP contribution in [0.3, 0.4) is 0 Å². The second-order valence-electron chi connectivity index (χ2n) is 10.9. The molecule has 0 aliphatic rings. The lowest BCUT2D eigenvalue weighted by Gasteiger charge is -2.34. The van der Waals surface area contributed by atoms with Gasteiger partial charge in [0.1, 0.15) is 12.6 Å². The zero-order valence-corrected chi connectivity index (χ0v) is 25.5. The summed E-state index contributed by atoms with van der Waals surface area (Å²) >= 11 is 6.06. The number of amides is 2.